The maximum Gasteiger partial charge on any atom is 0.308 e. The van der Waals surface area contributed by atoms with Crippen LogP contribution in [0.25, 0.3) is 0 Å². The van der Waals surface area contributed by atoms with Crippen LogP contribution in [0.15, 0.2) is 0 Å². The first-order valence-corrected chi connectivity index (χ1v) is 6.84. The third-order valence-electron chi connectivity index (χ3n) is 4.27. The van der Waals surface area contributed by atoms with E-state index in [2.05, 4.69) is 5.32 Å². The van der Waals surface area contributed by atoms with Crippen molar-refractivity contribution >= 4 is 11.9 Å². The Morgan fingerprint density at radius 2 is 1.94 bits per heavy atom. The predicted molar refractivity (Wildman–Crippen MR) is 67.2 cm³/mol. The first-order chi connectivity index (χ1) is 8.58. The molecule has 2 N–H and O–H groups in total. The van der Waals surface area contributed by atoms with E-state index in [4.69, 9.17) is 5.11 Å². The molecule has 2 rings (SSSR count). The topological polar surface area (TPSA) is 69.6 Å². The molecule has 5 heteroatoms. The molecule has 1 aliphatic carbocycles. The lowest BCUT2D eigenvalue weighted by molar-refractivity contribution is -0.142. The fraction of sp³-hybridized carbons (Fsp3) is 0.846. The van der Waals surface area contributed by atoms with Crippen LogP contribution in [-0.4, -0.2) is 47.1 Å². The minimum atomic E-state index is -0.749. The lowest BCUT2D eigenvalue weighted by Gasteiger charge is -2.23. The van der Waals surface area contributed by atoms with Crippen LogP contribution in [0.1, 0.15) is 39.0 Å². The number of rotatable bonds is 4. The van der Waals surface area contributed by atoms with Gasteiger partial charge in [-0.1, -0.05) is 12.8 Å². The fourth-order valence-corrected chi connectivity index (χ4v) is 3.09. The van der Waals surface area contributed by atoms with Crippen molar-refractivity contribution in [2.45, 2.75) is 51.1 Å². The Labute approximate surface area is 108 Å². The molecule has 0 aromatic rings. The highest BCUT2D eigenvalue weighted by Crippen LogP contribution is 2.24. The normalized spacial score (nSPS) is 29.6. The number of hydrogen-bond donors (Lipinski definition) is 2. The van der Waals surface area contributed by atoms with Crippen LogP contribution in [0, 0.1) is 5.92 Å². The summed E-state index contributed by atoms with van der Waals surface area (Å²) in [6, 6.07) is 0.294. The van der Waals surface area contributed by atoms with Gasteiger partial charge in [-0.2, -0.15) is 0 Å². The number of carbonyl (C=O) groups excluding carboxylic acids is 1. The summed E-state index contributed by atoms with van der Waals surface area (Å²) in [6.45, 7) is 2.94. The average molecular weight is 254 g/mol. The first-order valence-electron chi connectivity index (χ1n) is 6.84. The van der Waals surface area contributed by atoms with Crippen molar-refractivity contribution in [2.24, 2.45) is 5.92 Å². The van der Waals surface area contributed by atoms with Crippen LogP contribution in [0.4, 0.5) is 0 Å². The first kappa shape index (κ1) is 13.3. The molecule has 1 saturated carbocycles. The zero-order valence-corrected chi connectivity index (χ0v) is 10.9. The molecule has 0 radical (unpaired) electrons. The number of carboxylic acids is 1. The van der Waals surface area contributed by atoms with Crippen LogP contribution in [-0.2, 0) is 9.59 Å². The van der Waals surface area contributed by atoms with Gasteiger partial charge in [0.2, 0.25) is 5.91 Å². The van der Waals surface area contributed by atoms with E-state index in [0.717, 1.165) is 12.8 Å². The van der Waals surface area contributed by atoms with Crippen LogP contribution in [0.5, 0.6) is 0 Å². The Balaban J connectivity index is 1.79. The molecule has 1 saturated heterocycles. The van der Waals surface area contributed by atoms with Gasteiger partial charge in [-0.15, -0.1) is 0 Å². The fourth-order valence-electron chi connectivity index (χ4n) is 3.09. The molecule has 18 heavy (non-hydrogen) atoms. The number of hydrogen-bond acceptors (Lipinski definition) is 3. The van der Waals surface area contributed by atoms with Crippen LogP contribution in [0.3, 0.4) is 0 Å². The van der Waals surface area contributed by atoms with Gasteiger partial charge in [-0.3, -0.25) is 14.5 Å². The highest BCUT2D eigenvalue weighted by molar-refractivity contribution is 5.79. The molecule has 0 spiro atoms. The monoisotopic (exact) mass is 254 g/mol. The number of nitrogens with one attached hydrogen (secondary N) is 1. The summed E-state index contributed by atoms with van der Waals surface area (Å²) in [5.74, 6) is -1.04. The SMILES string of the molecule is CC1C(C(=O)O)CCN1CC(=O)NC1CCCC1. The number of aliphatic carboxylic acids is 1. The van der Waals surface area contributed by atoms with E-state index in [1.165, 1.54) is 12.8 Å². The lowest BCUT2D eigenvalue weighted by Crippen LogP contribution is -2.43. The van der Waals surface area contributed by atoms with Gasteiger partial charge >= 0.3 is 5.97 Å². The predicted octanol–water partition coefficient (Wildman–Crippen LogP) is 0.840. The van der Waals surface area contributed by atoms with Gasteiger partial charge in [-0.05, 0) is 32.7 Å². The summed E-state index contributed by atoms with van der Waals surface area (Å²) in [5, 5.41) is 12.1. The molecule has 102 valence electrons. The Morgan fingerprint density at radius 3 is 2.50 bits per heavy atom. The largest absolute Gasteiger partial charge is 0.481 e. The van der Waals surface area contributed by atoms with Crippen LogP contribution < -0.4 is 5.32 Å². The van der Waals surface area contributed by atoms with Crippen molar-refractivity contribution in [2.75, 3.05) is 13.1 Å². The molecule has 0 aromatic heterocycles. The highest BCUT2D eigenvalue weighted by Gasteiger charge is 2.36. The number of nitrogens with zero attached hydrogens (tertiary/aromatic N) is 1. The van der Waals surface area contributed by atoms with Gasteiger partial charge in [0.05, 0.1) is 12.5 Å². The zero-order chi connectivity index (χ0) is 13.1. The van der Waals surface area contributed by atoms with Crippen molar-refractivity contribution in [3.8, 4) is 0 Å². The van der Waals surface area contributed by atoms with Crippen LogP contribution in [0.2, 0.25) is 0 Å². The second kappa shape index (κ2) is 5.69. The van der Waals surface area contributed by atoms with Gasteiger partial charge in [0.25, 0.3) is 0 Å². The van der Waals surface area contributed by atoms with Gasteiger partial charge in [-0.25, -0.2) is 0 Å². The minimum Gasteiger partial charge on any atom is -0.481 e. The zero-order valence-electron chi connectivity index (χ0n) is 10.9. The standard InChI is InChI=1S/C13H22N2O3/c1-9-11(13(17)18)6-7-15(9)8-12(16)14-10-4-2-3-5-10/h9-11H,2-8H2,1H3,(H,14,16)(H,17,18). The molecule has 2 aliphatic rings. The quantitative estimate of drug-likeness (QED) is 0.780. The van der Waals surface area contributed by atoms with E-state index in [1.807, 2.05) is 11.8 Å². The Bertz CT molecular complexity index is 326. The van der Waals surface area contributed by atoms with E-state index in [-0.39, 0.29) is 17.9 Å². The molecule has 0 aromatic carbocycles. The van der Waals surface area contributed by atoms with Crippen molar-refractivity contribution in [3.05, 3.63) is 0 Å². The number of likely N-dealkylation sites (tertiary alicyclic amines) is 1. The summed E-state index contributed by atoms with van der Waals surface area (Å²) in [6.07, 6.45) is 5.21. The second-order valence-corrected chi connectivity index (χ2v) is 5.49. The van der Waals surface area contributed by atoms with E-state index >= 15 is 0 Å². The van der Waals surface area contributed by atoms with Crippen molar-refractivity contribution < 1.29 is 14.7 Å². The molecular formula is C13H22N2O3. The van der Waals surface area contributed by atoms with Crippen molar-refractivity contribution in [3.63, 3.8) is 0 Å². The van der Waals surface area contributed by atoms with Gasteiger partial charge in [0, 0.05) is 12.1 Å². The minimum absolute atomic E-state index is 0.0415. The maximum absolute atomic E-state index is 11.9. The molecule has 2 unspecified atom stereocenters. The van der Waals surface area contributed by atoms with E-state index < -0.39 is 5.97 Å². The third kappa shape index (κ3) is 3.02. The summed E-state index contributed by atoms with van der Waals surface area (Å²) in [7, 11) is 0. The van der Waals surface area contributed by atoms with Crippen LogP contribution >= 0.6 is 0 Å². The average Bonchev–Trinajstić information content (AvgIpc) is 2.90. The Morgan fingerprint density at radius 1 is 1.28 bits per heavy atom. The summed E-state index contributed by atoms with van der Waals surface area (Å²) >= 11 is 0. The summed E-state index contributed by atoms with van der Waals surface area (Å²) < 4.78 is 0. The molecule has 1 aliphatic heterocycles. The lowest BCUT2D eigenvalue weighted by atomic mass is 10.0. The number of amides is 1. The summed E-state index contributed by atoms with van der Waals surface area (Å²) in [4.78, 5) is 24.8. The van der Waals surface area contributed by atoms with Gasteiger partial charge in [0.15, 0.2) is 0 Å². The molecule has 0 bridgehead atoms. The van der Waals surface area contributed by atoms with Crippen molar-refractivity contribution in [1.82, 2.24) is 10.2 Å². The molecular weight excluding hydrogens is 232 g/mol. The van der Waals surface area contributed by atoms with Crippen molar-refractivity contribution in [1.29, 1.82) is 0 Å². The second-order valence-electron chi connectivity index (χ2n) is 5.49. The Kier molecular flexibility index (Phi) is 4.22. The maximum atomic E-state index is 11.9. The molecule has 1 heterocycles. The number of carboxylic acid groups (broad SMARTS) is 1. The van der Waals surface area contributed by atoms with Gasteiger partial charge in [0.1, 0.15) is 0 Å². The molecule has 1 amide bonds. The Hall–Kier alpha value is -1.10. The molecule has 2 fully saturated rings. The van der Waals surface area contributed by atoms with E-state index in [9.17, 15) is 9.59 Å². The summed E-state index contributed by atoms with van der Waals surface area (Å²) in [5.41, 5.74) is 0. The molecule has 5 nitrogen and oxygen atoms in total. The highest BCUT2D eigenvalue weighted by atomic mass is 16.4. The van der Waals surface area contributed by atoms with E-state index in [0.29, 0.717) is 25.6 Å². The van der Waals surface area contributed by atoms with E-state index in [1.54, 1.807) is 0 Å². The van der Waals surface area contributed by atoms with Gasteiger partial charge < -0.3 is 10.4 Å². The smallest absolute Gasteiger partial charge is 0.308 e. The third-order valence-corrected chi connectivity index (χ3v) is 4.27. The molecule has 2 atom stereocenters. The number of carbonyl (C=O) groups is 2.